The van der Waals surface area contributed by atoms with Gasteiger partial charge in [-0.2, -0.15) is 0 Å². The molecule has 4 nitrogen and oxygen atoms in total. The van der Waals surface area contributed by atoms with Crippen molar-refractivity contribution in [2.24, 2.45) is 0 Å². The van der Waals surface area contributed by atoms with Crippen LogP contribution in [0.4, 0.5) is 0 Å². The quantitative estimate of drug-likeness (QED) is 0.639. The van der Waals surface area contributed by atoms with E-state index in [-0.39, 0.29) is 6.04 Å². The molecule has 3 aromatic rings. The first-order valence-corrected chi connectivity index (χ1v) is 10.2. The van der Waals surface area contributed by atoms with Gasteiger partial charge in [0, 0.05) is 13.1 Å². The van der Waals surface area contributed by atoms with E-state index in [9.17, 15) is 0 Å². The number of ether oxygens (including phenoxy) is 2. The Bertz CT molecular complexity index is 941. The zero-order chi connectivity index (χ0) is 20.1. The molecule has 0 spiro atoms. The summed E-state index contributed by atoms with van der Waals surface area (Å²) >= 11 is 0. The lowest BCUT2D eigenvalue weighted by molar-refractivity contribution is 0.261. The second-order valence-corrected chi connectivity index (χ2v) is 7.64. The van der Waals surface area contributed by atoms with E-state index in [1.165, 1.54) is 16.7 Å². The van der Waals surface area contributed by atoms with Crippen LogP contribution in [0.2, 0.25) is 0 Å². The molecule has 1 heterocycles. The maximum Gasteiger partial charge on any atom is 0.127 e. The lowest BCUT2D eigenvalue weighted by Crippen LogP contribution is -2.30. The summed E-state index contributed by atoms with van der Waals surface area (Å²) in [5, 5.41) is 3.66. The lowest BCUT2D eigenvalue weighted by atomic mass is 9.89. The minimum atomic E-state index is 0.161. The van der Waals surface area contributed by atoms with Gasteiger partial charge in [-0.3, -0.25) is 0 Å². The van der Waals surface area contributed by atoms with E-state index in [2.05, 4.69) is 60.7 Å². The second kappa shape index (κ2) is 9.12. The minimum absolute atomic E-state index is 0.161. The Labute approximate surface area is 173 Å². The van der Waals surface area contributed by atoms with E-state index in [0.29, 0.717) is 6.61 Å². The Balaban J connectivity index is 1.52. The van der Waals surface area contributed by atoms with Crippen LogP contribution in [-0.4, -0.2) is 38.7 Å². The number of benzene rings is 3. The lowest BCUT2D eigenvalue weighted by Gasteiger charge is -2.28. The third-order valence-electron chi connectivity index (χ3n) is 5.15. The summed E-state index contributed by atoms with van der Waals surface area (Å²) in [4.78, 5) is 2.13. The summed E-state index contributed by atoms with van der Waals surface area (Å²) in [6.45, 7) is 2.56. The van der Waals surface area contributed by atoms with Crippen molar-refractivity contribution >= 4 is 0 Å². The summed E-state index contributed by atoms with van der Waals surface area (Å²) in [6, 6.07) is 24.9. The maximum atomic E-state index is 6.03. The third kappa shape index (κ3) is 4.97. The van der Waals surface area contributed by atoms with Crippen LogP contribution in [0.5, 0.6) is 17.2 Å². The molecule has 4 heteroatoms. The number of rotatable bonds is 7. The van der Waals surface area contributed by atoms with Crippen molar-refractivity contribution in [2.75, 3.05) is 33.8 Å². The average Bonchev–Trinajstić information content (AvgIpc) is 2.74. The summed E-state index contributed by atoms with van der Waals surface area (Å²) in [5.41, 5.74) is 3.87. The van der Waals surface area contributed by atoms with Gasteiger partial charge in [-0.25, -0.2) is 0 Å². The molecule has 0 saturated carbocycles. The van der Waals surface area contributed by atoms with Gasteiger partial charge in [0.2, 0.25) is 0 Å². The Morgan fingerprint density at radius 3 is 2.55 bits per heavy atom. The van der Waals surface area contributed by atoms with Crippen molar-refractivity contribution in [2.45, 2.75) is 12.5 Å². The van der Waals surface area contributed by atoms with Crippen LogP contribution < -0.4 is 14.8 Å². The van der Waals surface area contributed by atoms with Gasteiger partial charge in [-0.05, 0) is 73.6 Å². The normalized spacial score (nSPS) is 15.8. The van der Waals surface area contributed by atoms with E-state index in [4.69, 9.17) is 9.47 Å². The highest BCUT2D eigenvalue weighted by atomic mass is 16.5. The number of nitrogens with zero attached hydrogens (tertiary/aromatic N) is 1. The fourth-order valence-electron chi connectivity index (χ4n) is 3.66. The molecular weight excluding hydrogens is 360 g/mol. The molecule has 0 aliphatic carbocycles. The van der Waals surface area contributed by atoms with E-state index in [0.717, 1.165) is 36.8 Å². The molecule has 0 bridgehead atoms. The first-order chi connectivity index (χ1) is 14.2. The van der Waals surface area contributed by atoms with Gasteiger partial charge >= 0.3 is 0 Å². The zero-order valence-electron chi connectivity index (χ0n) is 17.1. The number of nitrogens with one attached hydrogen (secondary N) is 1. The van der Waals surface area contributed by atoms with Crippen molar-refractivity contribution in [3.05, 3.63) is 89.5 Å². The molecule has 1 N–H and O–H groups in total. The molecule has 3 aromatic carbocycles. The largest absolute Gasteiger partial charge is 0.492 e. The van der Waals surface area contributed by atoms with Crippen LogP contribution in [-0.2, 0) is 6.42 Å². The fourth-order valence-corrected chi connectivity index (χ4v) is 3.66. The second-order valence-electron chi connectivity index (χ2n) is 7.64. The van der Waals surface area contributed by atoms with Crippen molar-refractivity contribution in [3.8, 4) is 17.2 Å². The Morgan fingerprint density at radius 2 is 1.72 bits per heavy atom. The van der Waals surface area contributed by atoms with E-state index in [1.807, 2.05) is 36.4 Å². The Morgan fingerprint density at radius 1 is 0.897 bits per heavy atom. The van der Waals surface area contributed by atoms with E-state index < -0.39 is 0 Å². The highest BCUT2D eigenvalue weighted by Gasteiger charge is 2.22. The Hall–Kier alpha value is -2.82. The van der Waals surface area contributed by atoms with Crippen LogP contribution in [0.25, 0.3) is 0 Å². The van der Waals surface area contributed by atoms with Crippen LogP contribution in [0.15, 0.2) is 72.8 Å². The average molecular weight is 389 g/mol. The van der Waals surface area contributed by atoms with E-state index in [1.54, 1.807) is 0 Å². The predicted octanol–water partition coefficient (Wildman–Crippen LogP) is 4.65. The third-order valence-corrected chi connectivity index (χ3v) is 5.15. The number of likely N-dealkylation sites (N-methyl/N-ethyl adjacent to an activating group) is 1. The molecule has 0 amide bonds. The molecule has 1 atom stereocenters. The van der Waals surface area contributed by atoms with Crippen molar-refractivity contribution in [3.63, 3.8) is 0 Å². The number of fused-ring (bicyclic) bond motifs is 1. The van der Waals surface area contributed by atoms with Crippen molar-refractivity contribution in [1.29, 1.82) is 0 Å². The van der Waals surface area contributed by atoms with E-state index >= 15 is 0 Å². The highest BCUT2D eigenvalue weighted by Crippen LogP contribution is 2.33. The summed E-state index contributed by atoms with van der Waals surface area (Å²) in [7, 11) is 4.12. The van der Waals surface area contributed by atoms with Gasteiger partial charge in [0.05, 0.1) is 6.04 Å². The molecule has 1 aliphatic rings. The molecule has 1 aliphatic heterocycles. The monoisotopic (exact) mass is 388 g/mol. The molecule has 29 heavy (non-hydrogen) atoms. The van der Waals surface area contributed by atoms with Crippen LogP contribution in [0, 0.1) is 0 Å². The molecule has 0 aromatic heterocycles. The summed E-state index contributed by atoms with van der Waals surface area (Å²) < 4.78 is 12.0. The molecule has 0 saturated heterocycles. The summed E-state index contributed by atoms with van der Waals surface area (Å²) in [6.07, 6.45) is 1.01. The zero-order valence-corrected chi connectivity index (χ0v) is 17.1. The predicted molar refractivity (Wildman–Crippen MR) is 117 cm³/mol. The molecule has 150 valence electrons. The minimum Gasteiger partial charge on any atom is -0.492 e. The van der Waals surface area contributed by atoms with Crippen LogP contribution in [0.1, 0.15) is 22.7 Å². The molecular formula is C25H28N2O2. The molecule has 0 fully saturated rings. The van der Waals surface area contributed by atoms with Crippen LogP contribution in [0.3, 0.4) is 0 Å². The van der Waals surface area contributed by atoms with Gasteiger partial charge in [0.15, 0.2) is 0 Å². The SMILES string of the molecule is CN(C)CCOc1ccc2c(c1)CCNC2c1cccc(Oc2ccccc2)c1. The summed E-state index contributed by atoms with van der Waals surface area (Å²) in [5.74, 6) is 2.65. The van der Waals surface area contributed by atoms with Gasteiger partial charge in [-0.1, -0.05) is 36.4 Å². The van der Waals surface area contributed by atoms with Gasteiger partial charge in [0.1, 0.15) is 23.9 Å². The Kier molecular flexibility index (Phi) is 6.13. The smallest absolute Gasteiger partial charge is 0.127 e. The van der Waals surface area contributed by atoms with Gasteiger partial charge in [-0.15, -0.1) is 0 Å². The topological polar surface area (TPSA) is 33.7 Å². The van der Waals surface area contributed by atoms with Crippen molar-refractivity contribution in [1.82, 2.24) is 10.2 Å². The first-order valence-electron chi connectivity index (χ1n) is 10.2. The van der Waals surface area contributed by atoms with Gasteiger partial charge < -0.3 is 19.7 Å². The van der Waals surface area contributed by atoms with Crippen molar-refractivity contribution < 1.29 is 9.47 Å². The number of hydrogen-bond acceptors (Lipinski definition) is 4. The standard InChI is InChI=1S/C25H28N2O2/c1-27(2)15-16-28-22-11-12-24-19(17-22)13-14-26-25(24)20-7-6-10-23(18-20)29-21-8-4-3-5-9-21/h3-12,17-18,25-26H,13-16H2,1-2H3. The van der Waals surface area contributed by atoms with Crippen LogP contribution >= 0.6 is 0 Å². The number of hydrogen-bond donors (Lipinski definition) is 1. The highest BCUT2D eigenvalue weighted by molar-refractivity contribution is 5.45. The fraction of sp³-hybridized carbons (Fsp3) is 0.280. The molecule has 0 radical (unpaired) electrons. The first kappa shape index (κ1) is 19.5. The maximum absolute atomic E-state index is 6.03. The molecule has 1 unspecified atom stereocenters. The molecule has 4 rings (SSSR count). The number of para-hydroxylation sites is 1. The van der Waals surface area contributed by atoms with Gasteiger partial charge in [0.25, 0.3) is 0 Å².